The average Bonchev–Trinajstić information content (AvgIpc) is 2.30. The number of hydrogen-bond donors (Lipinski definition) is 0. The van der Waals surface area contributed by atoms with Crippen LogP contribution in [0.25, 0.3) is 6.20 Å². The normalized spacial score (nSPS) is 9.30. The topological polar surface area (TPSA) is 37.2 Å². The highest BCUT2D eigenvalue weighted by atomic mass is 16.5. The summed E-state index contributed by atoms with van der Waals surface area (Å²) in [6.45, 7) is 3.50. The second-order valence-corrected chi connectivity index (χ2v) is 1.81. The number of hydrogen-bond acceptors (Lipinski definition) is 2. The van der Waals surface area contributed by atoms with Gasteiger partial charge in [-0.1, -0.05) is 12.3 Å². The van der Waals surface area contributed by atoms with Gasteiger partial charge in [0, 0.05) is 12.4 Å². The number of rotatable bonds is 2. The van der Waals surface area contributed by atoms with Crippen molar-refractivity contribution in [2.45, 2.75) is 0 Å². The van der Waals surface area contributed by atoms with Crippen LogP contribution in [0.15, 0.2) is 18.8 Å². The molecule has 0 saturated carbocycles. The van der Waals surface area contributed by atoms with Crippen LogP contribution in [0.5, 0.6) is 11.6 Å². The highest BCUT2D eigenvalue weighted by Crippen LogP contribution is 2.18. The summed E-state index contributed by atoms with van der Waals surface area (Å²) in [5.74, 6) is 0.441. The van der Waals surface area contributed by atoms with Crippen LogP contribution in [0.1, 0.15) is 0 Å². The summed E-state index contributed by atoms with van der Waals surface area (Å²) >= 11 is 0. The van der Waals surface area contributed by atoms with Gasteiger partial charge in [0.05, 0.1) is 7.11 Å². The molecule has 0 saturated heterocycles. The van der Waals surface area contributed by atoms with Crippen molar-refractivity contribution < 1.29 is 9.84 Å². The lowest BCUT2D eigenvalue weighted by Gasteiger charge is -1.98. The number of aromatic nitrogens is 1. The molecule has 0 amide bonds. The molecule has 3 nitrogen and oxygen atoms in total. The third-order valence-electron chi connectivity index (χ3n) is 1.19. The molecule has 1 rings (SSSR count). The van der Waals surface area contributed by atoms with Crippen LogP contribution in [0, 0.1) is 0 Å². The molecule has 0 spiro atoms. The lowest BCUT2D eigenvalue weighted by Crippen LogP contribution is -1.88. The van der Waals surface area contributed by atoms with E-state index < -0.39 is 0 Å². The van der Waals surface area contributed by atoms with E-state index in [1.165, 1.54) is 30.1 Å². The first-order valence-corrected chi connectivity index (χ1v) is 2.83. The van der Waals surface area contributed by atoms with Crippen molar-refractivity contribution >= 4 is 6.20 Å². The van der Waals surface area contributed by atoms with Crippen LogP contribution in [-0.2, 0) is 0 Å². The maximum atomic E-state index is 10.7. The minimum Gasteiger partial charge on any atom is -0.871 e. The van der Waals surface area contributed by atoms with Gasteiger partial charge in [-0.05, 0) is 6.07 Å². The Morgan fingerprint density at radius 1 is 1.80 bits per heavy atom. The van der Waals surface area contributed by atoms with Crippen LogP contribution < -0.4 is 9.84 Å². The van der Waals surface area contributed by atoms with Crippen molar-refractivity contribution in [2.75, 3.05) is 7.11 Å². The van der Waals surface area contributed by atoms with Crippen LogP contribution >= 0.6 is 0 Å². The Morgan fingerprint density at radius 3 is 2.90 bits per heavy atom. The molecule has 0 fully saturated rings. The predicted octanol–water partition coefficient (Wildman–Crippen LogP) is 0.671. The maximum absolute atomic E-state index is 10.7. The summed E-state index contributed by atoms with van der Waals surface area (Å²) in [7, 11) is 1.51. The molecule has 1 aromatic heterocycles. The first-order valence-electron chi connectivity index (χ1n) is 2.83. The SMILES string of the molecule is C=Cn1cc([O-])cc1OC. The standard InChI is InChI=1S/C7H9NO2/c1-3-8-5-6(9)4-7(8)10-2/h3-5,9H,1H2,2H3/p-1. The molecular formula is C7H8NO2-. The third-order valence-corrected chi connectivity index (χ3v) is 1.19. The monoisotopic (exact) mass is 138 g/mol. The van der Waals surface area contributed by atoms with Crippen LogP contribution in [0.4, 0.5) is 0 Å². The van der Waals surface area contributed by atoms with Crippen LogP contribution in [0.3, 0.4) is 0 Å². The molecule has 0 N–H and O–H groups in total. The van der Waals surface area contributed by atoms with E-state index in [9.17, 15) is 5.11 Å². The number of nitrogens with zero attached hydrogens (tertiary/aromatic N) is 1. The summed E-state index contributed by atoms with van der Waals surface area (Å²) in [6, 6.07) is 1.40. The zero-order valence-corrected chi connectivity index (χ0v) is 5.70. The lowest BCUT2D eigenvalue weighted by molar-refractivity contribution is -0.268. The predicted molar refractivity (Wildman–Crippen MR) is 36.8 cm³/mol. The minimum absolute atomic E-state index is 0.0725. The molecule has 0 radical (unpaired) electrons. The molecule has 3 heteroatoms. The van der Waals surface area contributed by atoms with Gasteiger partial charge in [-0.25, -0.2) is 0 Å². The van der Waals surface area contributed by atoms with Gasteiger partial charge < -0.3 is 9.84 Å². The van der Waals surface area contributed by atoms with Crippen LogP contribution in [-0.4, -0.2) is 11.7 Å². The van der Waals surface area contributed by atoms with Gasteiger partial charge in [0.1, 0.15) is 0 Å². The Bertz CT molecular complexity index is 240. The van der Waals surface area contributed by atoms with E-state index >= 15 is 0 Å². The van der Waals surface area contributed by atoms with E-state index in [0.29, 0.717) is 5.88 Å². The van der Waals surface area contributed by atoms with Gasteiger partial charge in [-0.2, -0.15) is 0 Å². The van der Waals surface area contributed by atoms with Crippen molar-refractivity contribution in [1.82, 2.24) is 4.57 Å². The van der Waals surface area contributed by atoms with E-state index in [-0.39, 0.29) is 5.75 Å². The Labute approximate surface area is 59.2 Å². The minimum atomic E-state index is -0.0725. The summed E-state index contributed by atoms with van der Waals surface area (Å²) < 4.78 is 6.38. The first kappa shape index (κ1) is 6.74. The van der Waals surface area contributed by atoms with E-state index in [1.807, 2.05) is 0 Å². The molecule has 0 atom stereocenters. The zero-order chi connectivity index (χ0) is 7.56. The van der Waals surface area contributed by atoms with Crippen molar-refractivity contribution in [3.63, 3.8) is 0 Å². The summed E-state index contributed by atoms with van der Waals surface area (Å²) in [5.41, 5.74) is 0. The van der Waals surface area contributed by atoms with Crippen LogP contribution in [0.2, 0.25) is 0 Å². The molecule has 0 aliphatic carbocycles. The highest BCUT2D eigenvalue weighted by molar-refractivity contribution is 5.35. The fraction of sp³-hybridized carbons (Fsp3) is 0.143. The first-order chi connectivity index (χ1) is 4.77. The Morgan fingerprint density at radius 2 is 2.50 bits per heavy atom. The molecule has 0 bridgehead atoms. The van der Waals surface area contributed by atoms with E-state index in [4.69, 9.17) is 4.74 Å². The summed E-state index contributed by atoms with van der Waals surface area (Å²) in [6.07, 6.45) is 2.92. The molecular weight excluding hydrogens is 130 g/mol. The number of methoxy groups -OCH3 is 1. The summed E-state index contributed by atoms with van der Waals surface area (Å²) in [4.78, 5) is 0. The number of ether oxygens (including phenoxy) is 1. The maximum Gasteiger partial charge on any atom is 0.196 e. The molecule has 0 aromatic carbocycles. The van der Waals surface area contributed by atoms with Crippen molar-refractivity contribution in [1.29, 1.82) is 0 Å². The largest absolute Gasteiger partial charge is 0.871 e. The fourth-order valence-electron chi connectivity index (χ4n) is 0.741. The smallest absolute Gasteiger partial charge is 0.196 e. The Hall–Kier alpha value is -1.38. The van der Waals surface area contributed by atoms with Gasteiger partial charge in [0.15, 0.2) is 5.88 Å². The zero-order valence-electron chi connectivity index (χ0n) is 5.70. The van der Waals surface area contributed by atoms with E-state index in [1.54, 1.807) is 0 Å². The van der Waals surface area contributed by atoms with Gasteiger partial charge in [-0.15, -0.1) is 0 Å². The van der Waals surface area contributed by atoms with Gasteiger partial charge in [0.25, 0.3) is 0 Å². The molecule has 10 heavy (non-hydrogen) atoms. The average molecular weight is 138 g/mol. The van der Waals surface area contributed by atoms with E-state index in [0.717, 1.165) is 0 Å². The van der Waals surface area contributed by atoms with Gasteiger partial charge in [0.2, 0.25) is 0 Å². The molecule has 54 valence electrons. The Kier molecular flexibility index (Phi) is 1.67. The summed E-state index contributed by atoms with van der Waals surface area (Å²) in [5, 5.41) is 10.7. The third kappa shape index (κ3) is 0.978. The Balaban J connectivity index is 3.08. The molecule has 1 heterocycles. The lowest BCUT2D eigenvalue weighted by atomic mass is 10.6. The molecule has 0 unspecified atom stereocenters. The van der Waals surface area contributed by atoms with Crippen molar-refractivity contribution in [2.24, 2.45) is 0 Å². The molecule has 1 aromatic rings. The molecule has 0 aliphatic rings. The highest BCUT2D eigenvalue weighted by Gasteiger charge is 1.94. The quantitative estimate of drug-likeness (QED) is 0.602. The molecule has 0 aliphatic heterocycles. The van der Waals surface area contributed by atoms with Crippen molar-refractivity contribution in [3.8, 4) is 11.6 Å². The fourth-order valence-corrected chi connectivity index (χ4v) is 0.741. The van der Waals surface area contributed by atoms with Gasteiger partial charge >= 0.3 is 0 Å². The second kappa shape index (κ2) is 2.47. The van der Waals surface area contributed by atoms with Crippen molar-refractivity contribution in [3.05, 3.63) is 18.8 Å². The van der Waals surface area contributed by atoms with E-state index in [2.05, 4.69) is 6.58 Å². The second-order valence-electron chi connectivity index (χ2n) is 1.81. The van der Waals surface area contributed by atoms with Gasteiger partial charge in [-0.3, -0.25) is 4.57 Å².